The molecule has 18 heavy (non-hydrogen) atoms. The van der Waals surface area contributed by atoms with E-state index < -0.39 is 9.84 Å². The van der Waals surface area contributed by atoms with Crippen LogP contribution in [-0.2, 0) is 9.84 Å². The molecule has 1 N–H and O–H groups in total. The molecule has 90 valence electrons. The highest BCUT2D eigenvalue weighted by molar-refractivity contribution is 7.91. The lowest BCUT2D eigenvalue weighted by Gasteiger charge is -2.04. The van der Waals surface area contributed by atoms with Gasteiger partial charge in [0.25, 0.3) is 0 Å². The Hall–Kier alpha value is -2.07. The van der Waals surface area contributed by atoms with Gasteiger partial charge in [-0.05, 0) is 35.7 Å². The first-order valence-electron chi connectivity index (χ1n) is 5.55. The number of sulfone groups is 1. The van der Waals surface area contributed by atoms with E-state index in [1.807, 2.05) is 12.1 Å². The maximum Gasteiger partial charge on any atom is 0.206 e. The van der Waals surface area contributed by atoms with Crippen molar-refractivity contribution in [1.82, 2.24) is 4.98 Å². The molecule has 0 radical (unpaired) electrons. The minimum Gasteiger partial charge on any atom is -0.361 e. The van der Waals surface area contributed by atoms with Gasteiger partial charge in [0.15, 0.2) is 0 Å². The number of rotatable bonds is 2. The minimum absolute atomic E-state index is 0.309. The highest BCUT2D eigenvalue weighted by Gasteiger charge is 2.17. The van der Waals surface area contributed by atoms with E-state index in [0.29, 0.717) is 9.79 Å². The van der Waals surface area contributed by atoms with Gasteiger partial charge in [0.1, 0.15) is 0 Å². The summed E-state index contributed by atoms with van der Waals surface area (Å²) in [6.07, 6.45) is 1.80. The van der Waals surface area contributed by atoms with E-state index in [4.69, 9.17) is 0 Å². The van der Waals surface area contributed by atoms with Crippen molar-refractivity contribution in [2.75, 3.05) is 0 Å². The van der Waals surface area contributed by atoms with Gasteiger partial charge >= 0.3 is 0 Å². The molecule has 3 nitrogen and oxygen atoms in total. The Labute approximate surface area is 105 Å². The third-order valence-electron chi connectivity index (χ3n) is 2.89. The van der Waals surface area contributed by atoms with Crippen molar-refractivity contribution >= 4 is 20.7 Å². The molecule has 0 spiro atoms. The van der Waals surface area contributed by atoms with Gasteiger partial charge in [-0.25, -0.2) is 8.42 Å². The second kappa shape index (κ2) is 3.99. The zero-order valence-electron chi connectivity index (χ0n) is 9.50. The molecule has 3 aromatic rings. The molecule has 0 unspecified atom stereocenters. The average Bonchev–Trinajstić information content (AvgIpc) is 2.87. The van der Waals surface area contributed by atoms with Gasteiger partial charge in [-0.1, -0.05) is 24.3 Å². The molecule has 0 saturated carbocycles. The lowest BCUT2D eigenvalue weighted by atomic mass is 10.2. The summed E-state index contributed by atoms with van der Waals surface area (Å²) in [4.78, 5) is 3.64. The van der Waals surface area contributed by atoms with Gasteiger partial charge in [-0.15, -0.1) is 0 Å². The van der Waals surface area contributed by atoms with E-state index >= 15 is 0 Å². The number of aromatic amines is 1. The molecule has 3 rings (SSSR count). The van der Waals surface area contributed by atoms with Crippen LogP contribution in [-0.4, -0.2) is 13.4 Å². The molecule has 0 fully saturated rings. The van der Waals surface area contributed by atoms with Crippen LogP contribution in [0.3, 0.4) is 0 Å². The summed E-state index contributed by atoms with van der Waals surface area (Å²) in [5, 5.41) is 1.00. The van der Waals surface area contributed by atoms with E-state index in [1.165, 1.54) is 0 Å². The fraction of sp³-hybridized carbons (Fsp3) is 0. The molecule has 0 aliphatic rings. The first-order chi connectivity index (χ1) is 8.68. The normalized spacial score (nSPS) is 11.8. The molecular formula is C14H11NO2S. The number of hydrogen-bond donors (Lipinski definition) is 1. The van der Waals surface area contributed by atoms with E-state index in [0.717, 1.165) is 10.9 Å². The molecule has 0 amide bonds. The van der Waals surface area contributed by atoms with E-state index in [9.17, 15) is 8.42 Å². The Morgan fingerprint density at radius 2 is 1.61 bits per heavy atom. The quantitative estimate of drug-likeness (QED) is 0.767. The molecule has 0 aliphatic heterocycles. The lowest BCUT2D eigenvalue weighted by Crippen LogP contribution is -2.01. The fourth-order valence-electron chi connectivity index (χ4n) is 1.93. The first kappa shape index (κ1) is 11.0. The molecule has 0 atom stereocenters. The SMILES string of the molecule is O=S(=O)(c1ccccc1)c1ccc2cc[nH]c2c1. The van der Waals surface area contributed by atoms with Crippen molar-refractivity contribution in [3.8, 4) is 0 Å². The van der Waals surface area contributed by atoms with Crippen molar-refractivity contribution in [2.24, 2.45) is 0 Å². The first-order valence-corrected chi connectivity index (χ1v) is 7.03. The molecule has 0 aliphatic carbocycles. The number of aromatic nitrogens is 1. The minimum atomic E-state index is -3.43. The molecule has 2 aromatic carbocycles. The van der Waals surface area contributed by atoms with Crippen LogP contribution in [0.25, 0.3) is 10.9 Å². The van der Waals surface area contributed by atoms with Crippen LogP contribution in [0, 0.1) is 0 Å². The standard InChI is InChI=1S/C14H11NO2S/c16-18(17,12-4-2-1-3-5-12)13-7-6-11-8-9-15-14(11)10-13/h1-10,15H. The van der Waals surface area contributed by atoms with Gasteiger partial charge in [-0.3, -0.25) is 0 Å². The van der Waals surface area contributed by atoms with Gasteiger partial charge in [-0.2, -0.15) is 0 Å². The van der Waals surface area contributed by atoms with Crippen molar-refractivity contribution in [2.45, 2.75) is 9.79 Å². The monoisotopic (exact) mass is 257 g/mol. The van der Waals surface area contributed by atoms with Gasteiger partial charge in [0.05, 0.1) is 9.79 Å². The van der Waals surface area contributed by atoms with E-state index in [2.05, 4.69) is 4.98 Å². The topological polar surface area (TPSA) is 49.9 Å². The Morgan fingerprint density at radius 3 is 2.39 bits per heavy atom. The maximum atomic E-state index is 12.4. The van der Waals surface area contributed by atoms with E-state index in [-0.39, 0.29) is 0 Å². The molecular weight excluding hydrogens is 246 g/mol. The zero-order chi connectivity index (χ0) is 12.6. The fourth-order valence-corrected chi connectivity index (χ4v) is 3.24. The number of nitrogens with one attached hydrogen (secondary N) is 1. The Bertz CT molecular complexity index is 789. The largest absolute Gasteiger partial charge is 0.361 e. The predicted molar refractivity (Wildman–Crippen MR) is 70.2 cm³/mol. The Balaban J connectivity index is 2.19. The number of hydrogen-bond acceptors (Lipinski definition) is 2. The number of benzene rings is 2. The van der Waals surface area contributed by atoms with Gasteiger partial charge < -0.3 is 4.98 Å². The predicted octanol–water partition coefficient (Wildman–Crippen LogP) is 3.00. The average molecular weight is 257 g/mol. The highest BCUT2D eigenvalue weighted by Crippen LogP contribution is 2.23. The summed E-state index contributed by atoms with van der Waals surface area (Å²) < 4.78 is 24.8. The molecule has 1 aromatic heterocycles. The van der Waals surface area contributed by atoms with E-state index in [1.54, 1.807) is 48.7 Å². The second-order valence-corrected chi connectivity index (χ2v) is 5.99. The van der Waals surface area contributed by atoms with Gasteiger partial charge in [0.2, 0.25) is 9.84 Å². The summed E-state index contributed by atoms with van der Waals surface area (Å²) >= 11 is 0. The van der Waals surface area contributed by atoms with Crippen LogP contribution < -0.4 is 0 Å². The van der Waals surface area contributed by atoms with Crippen LogP contribution in [0.5, 0.6) is 0 Å². The van der Waals surface area contributed by atoms with Crippen LogP contribution >= 0.6 is 0 Å². The summed E-state index contributed by atoms with van der Waals surface area (Å²) in [5.41, 5.74) is 0.826. The number of H-pyrrole nitrogens is 1. The molecule has 1 heterocycles. The summed E-state index contributed by atoms with van der Waals surface area (Å²) in [7, 11) is -3.43. The van der Waals surface area contributed by atoms with Crippen LogP contribution in [0.15, 0.2) is 70.6 Å². The van der Waals surface area contributed by atoms with Crippen LogP contribution in [0.1, 0.15) is 0 Å². The van der Waals surface area contributed by atoms with Crippen LogP contribution in [0.4, 0.5) is 0 Å². The number of fused-ring (bicyclic) bond motifs is 1. The second-order valence-electron chi connectivity index (χ2n) is 4.04. The van der Waals surface area contributed by atoms with Gasteiger partial charge in [0, 0.05) is 11.7 Å². The smallest absolute Gasteiger partial charge is 0.206 e. The van der Waals surface area contributed by atoms with Crippen molar-refractivity contribution in [1.29, 1.82) is 0 Å². The molecule has 0 bridgehead atoms. The van der Waals surface area contributed by atoms with Crippen molar-refractivity contribution in [3.63, 3.8) is 0 Å². The maximum absolute atomic E-state index is 12.4. The van der Waals surface area contributed by atoms with Crippen LogP contribution in [0.2, 0.25) is 0 Å². The Morgan fingerprint density at radius 1 is 0.833 bits per heavy atom. The highest BCUT2D eigenvalue weighted by atomic mass is 32.2. The van der Waals surface area contributed by atoms with Crippen molar-refractivity contribution < 1.29 is 8.42 Å². The van der Waals surface area contributed by atoms with Crippen molar-refractivity contribution in [3.05, 3.63) is 60.8 Å². The molecule has 0 saturated heterocycles. The third-order valence-corrected chi connectivity index (χ3v) is 4.66. The Kier molecular flexibility index (Phi) is 2.45. The lowest BCUT2D eigenvalue weighted by molar-refractivity contribution is 0.596. The molecule has 4 heteroatoms. The summed E-state index contributed by atoms with van der Waals surface area (Å²) in [6, 6.07) is 15.5. The third kappa shape index (κ3) is 1.71. The summed E-state index contributed by atoms with van der Waals surface area (Å²) in [6.45, 7) is 0. The zero-order valence-corrected chi connectivity index (χ0v) is 10.3. The summed E-state index contributed by atoms with van der Waals surface area (Å²) in [5.74, 6) is 0.